The molecule has 1 heterocycles. The van der Waals surface area contributed by atoms with Gasteiger partial charge in [0.05, 0.1) is 5.56 Å². The molecule has 0 spiro atoms. The van der Waals surface area contributed by atoms with E-state index in [0.29, 0.717) is 20.2 Å². The highest BCUT2D eigenvalue weighted by Gasteiger charge is 2.30. The van der Waals surface area contributed by atoms with Gasteiger partial charge in [-0.05, 0) is 55.6 Å². The number of alkyl halides is 3. The van der Waals surface area contributed by atoms with E-state index >= 15 is 0 Å². The minimum Gasteiger partial charge on any atom is -0.249 e. The van der Waals surface area contributed by atoms with Crippen molar-refractivity contribution < 1.29 is 13.2 Å². The normalized spacial score (nSPS) is 11.6. The molecule has 0 aliphatic carbocycles. The second-order valence-electron chi connectivity index (χ2n) is 3.54. The Morgan fingerprint density at radius 1 is 1.06 bits per heavy atom. The Kier molecular flexibility index (Phi) is 3.77. The monoisotopic (exact) mass is 379 g/mol. The third-order valence-electron chi connectivity index (χ3n) is 2.33. The van der Waals surface area contributed by atoms with E-state index in [2.05, 4.69) is 36.8 Å². The van der Waals surface area contributed by atoms with Crippen molar-refractivity contribution in [2.75, 3.05) is 0 Å². The number of nitrogens with zero attached hydrogens (tertiary/aromatic N) is 1. The van der Waals surface area contributed by atoms with Crippen LogP contribution in [0.1, 0.15) is 5.56 Å². The zero-order valence-corrected chi connectivity index (χ0v) is 12.0. The van der Waals surface area contributed by atoms with Crippen LogP contribution >= 0.6 is 31.9 Å². The Bertz CT molecular complexity index is 562. The van der Waals surface area contributed by atoms with E-state index in [9.17, 15) is 13.2 Å². The molecular formula is C12H6Br2F3N. The summed E-state index contributed by atoms with van der Waals surface area (Å²) in [4.78, 5) is 4.01. The molecule has 1 aromatic carbocycles. The molecule has 0 saturated heterocycles. The van der Waals surface area contributed by atoms with Gasteiger partial charge in [0.1, 0.15) is 4.60 Å². The number of benzene rings is 1. The molecule has 94 valence electrons. The fourth-order valence-electron chi connectivity index (χ4n) is 1.52. The Labute approximate surface area is 118 Å². The molecule has 0 unspecified atom stereocenters. The molecule has 18 heavy (non-hydrogen) atoms. The average molecular weight is 381 g/mol. The molecule has 0 radical (unpaired) electrons. The molecule has 6 heteroatoms. The molecule has 0 fully saturated rings. The van der Waals surface area contributed by atoms with Gasteiger partial charge in [0, 0.05) is 16.2 Å². The third-order valence-corrected chi connectivity index (χ3v) is 3.59. The first-order valence-corrected chi connectivity index (χ1v) is 6.46. The zero-order valence-electron chi connectivity index (χ0n) is 8.80. The summed E-state index contributed by atoms with van der Waals surface area (Å²) in [7, 11) is 0. The minimum absolute atomic E-state index is 0.455. The lowest BCUT2D eigenvalue weighted by Gasteiger charge is -2.10. The maximum Gasteiger partial charge on any atom is 0.416 e. The number of aromatic nitrogens is 1. The lowest BCUT2D eigenvalue weighted by Crippen LogP contribution is -2.04. The number of rotatable bonds is 1. The van der Waals surface area contributed by atoms with Gasteiger partial charge in [0.15, 0.2) is 0 Å². The van der Waals surface area contributed by atoms with Crippen LogP contribution in [0.3, 0.4) is 0 Å². The Morgan fingerprint density at radius 2 is 1.78 bits per heavy atom. The molecule has 0 saturated carbocycles. The van der Waals surface area contributed by atoms with Crippen molar-refractivity contribution >= 4 is 31.9 Å². The molecule has 0 N–H and O–H groups in total. The highest BCUT2D eigenvalue weighted by Crippen LogP contribution is 2.37. The van der Waals surface area contributed by atoms with Crippen molar-refractivity contribution in [2.24, 2.45) is 0 Å². The summed E-state index contributed by atoms with van der Waals surface area (Å²) < 4.78 is 39.1. The molecule has 0 aliphatic rings. The van der Waals surface area contributed by atoms with Gasteiger partial charge in [-0.25, -0.2) is 4.98 Å². The number of hydrogen-bond acceptors (Lipinski definition) is 1. The number of halogens is 5. The van der Waals surface area contributed by atoms with E-state index in [0.717, 1.165) is 12.1 Å². The molecular weight excluding hydrogens is 375 g/mol. The summed E-state index contributed by atoms with van der Waals surface area (Å²) in [5.41, 5.74) is 0.378. The van der Waals surface area contributed by atoms with Gasteiger partial charge >= 0.3 is 6.18 Å². The van der Waals surface area contributed by atoms with Crippen LogP contribution in [0.2, 0.25) is 0 Å². The van der Waals surface area contributed by atoms with Crippen molar-refractivity contribution in [3.63, 3.8) is 0 Å². The fraction of sp³-hybridized carbons (Fsp3) is 0.0833. The van der Waals surface area contributed by atoms with Gasteiger partial charge in [-0.15, -0.1) is 0 Å². The summed E-state index contributed by atoms with van der Waals surface area (Å²) in [5.74, 6) is 0. The molecule has 0 aliphatic heterocycles. The Hall–Kier alpha value is -0.880. The fourth-order valence-corrected chi connectivity index (χ4v) is 2.88. The molecule has 2 aromatic rings. The standard InChI is InChI=1S/C12H6Br2F3N/c13-9-4-5-18-11(14)10(9)7-2-1-3-8(6-7)12(15,16)17/h1-6H. The van der Waals surface area contributed by atoms with Crippen LogP contribution in [-0.4, -0.2) is 4.98 Å². The van der Waals surface area contributed by atoms with Crippen LogP contribution in [0.5, 0.6) is 0 Å². The maximum atomic E-state index is 12.6. The van der Waals surface area contributed by atoms with Gasteiger partial charge < -0.3 is 0 Å². The second-order valence-corrected chi connectivity index (χ2v) is 5.14. The lowest BCUT2D eigenvalue weighted by molar-refractivity contribution is -0.137. The molecule has 0 atom stereocenters. The van der Waals surface area contributed by atoms with Crippen molar-refractivity contribution in [1.82, 2.24) is 4.98 Å². The summed E-state index contributed by atoms with van der Waals surface area (Å²) in [6.45, 7) is 0. The topological polar surface area (TPSA) is 12.9 Å². The molecule has 0 bridgehead atoms. The maximum absolute atomic E-state index is 12.6. The SMILES string of the molecule is FC(F)(F)c1cccc(-c2c(Br)ccnc2Br)c1. The lowest BCUT2D eigenvalue weighted by atomic mass is 10.0. The van der Waals surface area contributed by atoms with Gasteiger partial charge in [-0.3, -0.25) is 0 Å². The second kappa shape index (κ2) is 5.01. The number of pyridine rings is 1. The van der Waals surface area contributed by atoms with Crippen molar-refractivity contribution in [3.05, 3.63) is 51.2 Å². The molecule has 2 rings (SSSR count). The molecule has 1 nitrogen and oxygen atoms in total. The van der Waals surface area contributed by atoms with Crippen LogP contribution in [0.4, 0.5) is 13.2 Å². The zero-order chi connectivity index (χ0) is 13.3. The Morgan fingerprint density at radius 3 is 2.39 bits per heavy atom. The van der Waals surface area contributed by atoms with Crippen LogP contribution in [0.25, 0.3) is 11.1 Å². The molecule has 1 aromatic heterocycles. The smallest absolute Gasteiger partial charge is 0.249 e. The first-order chi connectivity index (χ1) is 8.39. The van der Waals surface area contributed by atoms with E-state index < -0.39 is 11.7 Å². The first-order valence-electron chi connectivity index (χ1n) is 4.87. The van der Waals surface area contributed by atoms with E-state index in [1.165, 1.54) is 6.07 Å². The van der Waals surface area contributed by atoms with Gasteiger partial charge in [-0.1, -0.05) is 12.1 Å². The largest absolute Gasteiger partial charge is 0.416 e. The quantitative estimate of drug-likeness (QED) is 0.612. The first kappa shape index (κ1) is 13.5. The van der Waals surface area contributed by atoms with E-state index in [-0.39, 0.29) is 0 Å². The Balaban J connectivity index is 2.59. The predicted molar refractivity (Wildman–Crippen MR) is 70.1 cm³/mol. The van der Waals surface area contributed by atoms with Crippen LogP contribution in [-0.2, 0) is 6.18 Å². The summed E-state index contributed by atoms with van der Waals surface area (Å²) in [6, 6.07) is 6.82. The van der Waals surface area contributed by atoms with Crippen LogP contribution in [0, 0.1) is 0 Å². The highest BCUT2D eigenvalue weighted by atomic mass is 79.9. The minimum atomic E-state index is -4.35. The molecule has 0 amide bonds. The van der Waals surface area contributed by atoms with Gasteiger partial charge in [0.25, 0.3) is 0 Å². The van der Waals surface area contributed by atoms with E-state index in [1.807, 2.05) is 0 Å². The predicted octanol–water partition coefficient (Wildman–Crippen LogP) is 5.29. The van der Waals surface area contributed by atoms with Gasteiger partial charge in [0.2, 0.25) is 0 Å². The van der Waals surface area contributed by atoms with Crippen molar-refractivity contribution in [3.8, 4) is 11.1 Å². The summed E-state index contributed by atoms with van der Waals surface area (Å²) in [6.07, 6.45) is -2.79. The number of hydrogen-bond donors (Lipinski definition) is 0. The summed E-state index contributed by atoms with van der Waals surface area (Å²) >= 11 is 6.54. The van der Waals surface area contributed by atoms with Crippen molar-refractivity contribution in [2.45, 2.75) is 6.18 Å². The van der Waals surface area contributed by atoms with Crippen molar-refractivity contribution in [1.29, 1.82) is 0 Å². The third kappa shape index (κ3) is 2.75. The highest BCUT2D eigenvalue weighted by molar-refractivity contribution is 9.11. The average Bonchev–Trinajstić information content (AvgIpc) is 2.28. The van der Waals surface area contributed by atoms with Gasteiger partial charge in [-0.2, -0.15) is 13.2 Å². The van der Waals surface area contributed by atoms with E-state index in [1.54, 1.807) is 18.3 Å². The van der Waals surface area contributed by atoms with Crippen LogP contribution < -0.4 is 0 Å². The van der Waals surface area contributed by atoms with E-state index in [4.69, 9.17) is 0 Å². The summed E-state index contributed by atoms with van der Waals surface area (Å²) in [5, 5.41) is 0. The van der Waals surface area contributed by atoms with Crippen LogP contribution in [0.15, 0.2) is 45.6 Å².